The van der Waals surface area contributed by atoms with E-state index in [9.17, 15) is 0 Å². The molecule has 0 fully saturated rings. The summed E-state index contributed by atoms with van der Waals surface area (Å²) in [5, 5.41) is 0. The molecule has 0 spiro atoms. The Morgan fingerprint density at radius 2 is 2.00 bits per heavy atom. The molecule has 0 aromatic rings. The van der Waals surface area contributed by atoms with E-state index in [-0.39, 0.29) is 0 Å². The van der Waals surface area contributed by atoms with Gasteiger partial charge in [-0.25, -0.2) is 0 Å². The molecule has 0 nitrogen and oxygen atoms in total. The Bertz CT molecular complexity index is 136. The third kappa shape index (κ3) is 1.98. The molecule has 0 radical (unpaired) electrons. The fraction of sp³-hybridized carbons (Fsp3) is 0.500. The Kier molecular flexibility index (Phi) is 2.52. The topological polar surface area (TPSA) is 0 Å². The van der Waals surface area contributed by atoms with Gasteiger partial charge in [-0.05, 0) is 31.8 Å². The van der Waals surface area contributed by atoms with Crippen molar-refractivity contribution in [1.29, 1.82) is 0 Å². The summed E-state index contributed by atoms with van der Waals surface area (Å²) >= 11 is 3.50. The van der Waals surface area contributed by atoms with Gasteiger partial charge in [0.1, 0.15) is 0 Å². The minimum absolute atomic E-state index is 1.22. The van der Waals surface area contributed by atoms with Gasteiger partial charge in [0.05, 0.1) is 0 Å². The van der Waals surface area contributed by atoms with E-state index < -0.39 is 0 Å². The van der Waals surface area contributed by atoms with Crippen LogP contribution in [0.3, 0.4) is 0 Å². The molecule has 0 heterocycles. The SMILES string of the molecule is CC1=CCCCC=C1Br. The molecule has 0 amide bonds. The molecular weight excluding hydrogens is 176 g/mol. The number of hydrogen-bond donors (Lipinski definition) is 0. The Balaban J connectivity index is 2.71. The van der Waals surface area contributed by atoms with Crippen molar-refractivity contribution in [2.45, 2.75) is 26.2 Å². The Hall–Kier alpha value is -0.0400. The average Bonchev–Trinajstić information content (AvgIpc) is 1.99. The van der Waals surface area contributed by atoms with Crippen LogP contribution >= 0.6 is 15.9 Å². The van der Waals surface area contributed by atoms with Crippen LogP contribution in [0.4, 0.5) is 0 Å². The summed E-state index contributed by atoms with van der Waals surface area (Å²) < 4.78 is 1.28. The second-order valence-electron chi connectivity index (χ2n) is 2.37. The first kappa shape index (κ1) is 7.07. The van der Waals surface area contributed by atoms with Crippen molar-refractivity contribution in [3.63, 3.8) is 0 Å². The van der Waals surface area contributed by atoms with Crippen LogP contribution in [0.15, 0.2) is 22.2 Å². The lowest BCUT2D eigenvalue weighted by Crippen LogP contribution is -1.70. The van der Waals surface area contributed by atoms with E-state index in [0.717, 1.165) is 0 Å². The molecule has 0 saturated heterocycles. The summed E-state index contributed by atoms with van der Waals surface area (Å²) in [5.74, 6) is 0. The molecule has 50 valence electrons. The van der Waals surface area contributed by atoms with E-state index in [1.807, 2.05) is 0 Å². The molecule has 1 heteroatoms. The van der Waals surface area contributed by atoms with Crippen molar-refractivity contribution < 1.29 is 0 Å². The summed E-state index contributed by atoms with van der Waals surface area (Å²) in [6.45, 7) is 2.14. The smallest absolute Gasteiger partial charge is 0.0161 e. The van der Waals surface area contributed by atoms with Gasteiger partial charge in [-0.3, -0.25) is 0 Å². The highest BCUT2D eigenvalue weighted by atomic mass is 79.9. The van der Waals surface area contributed by atoms with Crippen molar-refractivity contribution in [3.8, 4) is 0 Å². The summed E-state index contributed by atoms with van der Waals surface area (Å²) in [6, 6.07) is 0. The zero-order valence-electron chi connectivity index (χ0n) is 5.65. The number of rotatable bonds is 0. The van der Waals surface area contributed by atoms with E-state index in [1.165, 1.54) is 29.3 Å². The first-order valence-corrected chi connectivity index (χ1v) is 4.13. The van der Waals surface area contributed by atoms with E-state index in [1.54, 1.807) is 0 Å². The highest BCUT2D eigenvalue weighted by Gasteiger charge is 1.97. The Morgan fingerprint density at radius 3 is 2.78 bits per heavy atom. The van der Waals surface area contributed by atoms with Crippen molar-refractivity contribution in [3.05, 3.63) is 22.2 Å². The number of hydrogen-bond acceptors (Lipinski definition) is 0. The largest absolute Gasteiger partial charge is 0.0805 e. The number of halogens is 1. The summed E-state index contributed by atoms with van der Waals surface area (Å²) in [5.41, 5.74) is 1.38. The lowest BCUT2D eigenvalue weighted by Gasteiger charge is -1.92. The molecule has 0 aliphatic heterocycles. The fourth-order valence-electron chi connectivity index (χ4n) is 0.924. The second kappa shape index (κ2) is 3.21. The third-order valence-electron chi connectivity index (χ3n) is 1.56. The highest BCUT2D eigenvalue weighted by Crippen LogP contribution is 2.21. The second-order valence-corrected chi connectivity index (χ2v) is 3.22. The van der Waals surface area contributed by atoms with Crippen molar-refractivity contribution in [1.82, 2.24) is 0 Å². The minimum Gasteiger partial charge on any atom is -0.0805 e. The van der Waals surface area contributed by atoms with Crippen LogP contribution in [-0.4, -0.2) is 0 Å². The molecule has 0 N–H and O–H groups in total. The first-order chi connectivity index (χ1) is 4.30. The highest BCUT2D eigenvalue weighted by molar-refractivity contribution is 9.12. The van der Waals surface area contributed by atoms with Gasteiger partial charge in [0.15, 0.2) is 0 Å². The van der Waals surface area contributed by atoms with Crippen LogP contribution < -0.4 is 0 Å². The zero-order valence-corrected chi connectivity index (χ0v) is 7.24. The predicted molar refractivity (Wildman–Crippen MR) is 44.6 cm³/mol. The minimum atomic E-state index is 1.22. The van der Waals surface area contributed by atoms with Gasteiger partial charge in [-0.2, -0.15) is 0 Å². The maximum atomic E-state index is 3.50. The van der Waals surface area contributed by atoms with Gasteiger partial charge in [0.2, 0.25) is 0 Å². The molecule has 0 unspecified atom stereocenters. The lowest BCUT2D eigenvalue weighted by molar-refractivity contribution is 0.874. The third-order valence-corrected chi connectivity index (χ3v) is 2.51. The fourth-order valence-corrected chi connectivity index (χ4v) is 1.31. The monoisotopic (exact) mass is 186 g/mol. The van der Waals surface area contributed by atoms with Gasteiger partial charge < -0.3 is 0 Å². The van der Waals surface area contributed by atoms with E-state index >= 15 is 0 Å². The Morgan fingerprint density at radius 1 is 1.33 bits per heavy atom. The van der Waals surface area contributed by atoms with E-state index in [4.69, 9.17) is 0 Å². The normalized spacial score (nSPS) is 20.2. The van der Waals surface area contributed by atoms with Gasteiger partial charge in [0, 0.05) is 4.48 Å². The first-order valence-electron chi connectivity index (χ1n) is 3.33. The molecule has 9 heavy (non-hydrogen) atoms. The van der Waals surface area contributed by atoms with E-state index in [2.05, 4.69) is 35.0 Å². The standard InChI is InChI=1S/C8H11Br/c1-7-5-3-2-4-6-8(7)9/h5-6H,2-4H2,1H3. The summed E-state index contributed by atoms with van der Waals surface area (Å²) in [4.78, 5) is 0. The molecule has 0 aromatic heterocycles. The van der Waals surface area contributed by atoms with Crippen LogP contribution in [0, 0.1) is 0 Å². The van der Waals surface area contributed by atoms with Crippen molar-refractivity contribution >= 4 is 15.9 Å². The molecule has 0 saturated carbocycles. The molecule has 0 bridgehead atoms. The quantitative estimate of drug-likeness (QED) is 0.545. The predicted octanol–water partition coefficient (Wildman–Crippen LogP) is 3.40. The van der Waals surface area contributed by atoms with Gasteiger partial charge in [0.25, 0.3) is 0 Å². The summed E-state index contributed by atoms with van der Waals surface area (Å²) in [7, 11) is 0. The molecule has 1 aliphatic rings. The van der Waals surface area contributed by atoms with Gasteiger partial charge >= 0.3 is 0 Å². The van der Waals surface area contributed by atoms with Gasteiger partial charge in [-0.1, -0.05) is 28.1 Å². The van der Waals surface area contributed by atoms with Crippen molar-refractivity contribution in [2.75, 3.05) is 0 Å². The maximum Gasteiger partial charge on any atom is 0.0161 e. The van der Waals surface area contributed by atoms with Crippen LogP contribution in [0.25, 0.3) is 0 Å². The van der Waals surface area contributed by atoms with Crippen molar-refractivity contribution in [2.24, 2.45) is 0 Å². The van der Waals surface area contributed by atoms with Crippen LogP contribution in [0.1, 0.15) is 26.2 Å². The average molecular weight is 187 g/mol. The van der Waals surface area contributed by atoms with Crippen LogP contribution in [-0.2, 0) is 0 Å². The Labute approximate surface area is 64.8 Å². The van der Waals surface area contributed by atoms with Crippen LogP contribution in [0.5, 0.6) is 0 Å². The van der Waals surface area contributed by atoms with Crippen LogP contribution in [0.2, 0.25) is 0 Å². The molecule has 1 rings (SSSR count). The maximum absolute atomic E-state index is 3.50. The lowest BCUT2D eigenvalue weighted by atomic mass is 10.2. The van der Waals surface area contributed by atoms with Gasteiger partial charge in [-0.15, -0.1) is 0 Å². The molecule has 1 aliphatic carbocycles. The molecule has 0 aromatic carbocycles. The zero-order chi connectivity index (χ0) is 6.69. The molecule has 0 atom stereocenters. The van der Waals surface area contributed by atoms with E-state index in [0.29, 0.717) is 0 Å². The summed E-state index contributed by atoms with van der Waals surface area (Å²) in [6.07, 6.45) is 8.28. The molecular formula is C8H11Br. The number of allylic oxidation sites excluding steroid dienone is 4.